The van der Waals surface area contributed by atoms with Crippen molar-refractivity contribution in [3.63, 3.8) is 0 Å². The van der Waals surface area contributed by atoms with E-state index in [9.17, 15) is 0 Å². The molecule has 0 aromatic rings. The van der Waals surface area contributed by atoms with E-state index in [1.54, 1.807) is 7.11 Å². The van der Waals surface area contributed by atoms with E-state index in [1.165, 1.54) is 0 Å². The number of methoxy groups -OCH3 is 1. The summed E-state index contributed by atoms with van der Waals surface area (Å²) < 4.78 is 9.97. The number of nitrogens with zero attached hydrogens (tertiary/aromatic N) is 1. The molecule has 0 aliphatic rings. The molecular weight excluding hydrogens is 145 g/mol. The van der Waals surface area contributed by atoms with Gasteiger partial charge in [0.05, 0.1) is 6.61 Å². The van der Waals surface area contributed by atoms with Crippen molar-refractivity contribution in [2.45, 2.75) is 0 Å². The third-order valence-electron chi connectivity index (χ3n) is 1.35. The van der Waals surface area contributed by atoms with Crippen LogP contribution in [0.5, 0.6) is 0 Å². The van der Waals surface area contributed by atoms with Crippen molar-refractivity contribution < 1.29 is 8.53 Å². The SMILES string of the molecule is COCCN(C)CC[O][AlH2]. The van der Waals surface area contributed by atoms with Crippen LogP contribution in [0.15, 0.2) is 0 Å². The fourth-order valence-corrected chi connectivity index (χ4v) is 0.789. The molecule has 0 aliphatic carbocycles. The summed E-state index contributed by atoms with van der Waals surface area (Å²) in [6.45, 7) is 3.65. The van der Waals surface area contributed by atoms with E-state index < -0.39 is 0 Å². The Hall–Kier alpha value is 0.412. The zero-order valence-electron chi connectivity index (χ0n) is 7.09. The Morgan fingerprint density at radius 1 is 1.30 bits per heavy atom. The average molecular weight is 161 g/mol. The van der Waals surface area contributed by atoms with E-state index in [0.717, 1.165) is 42.9 Å². The minimum Gasteiger partial charge on any atom is -0.505 e. The van der Waals surface area contributed by atoms with Crippen molar-refractivity contribution in [2.24, 2.45) is 0 Å². The predicted molar refractivity (Wildman–Crippen MR) is 43.9 cm³/mol. The molecular formula is C6H16AlNO2. The molecule has 0 saturated heterocycles. The minimum absolute atomic E-state index is 0.803. The molecule has 0 aromatic heterocycles. The molecule has 0 rings (SSSR count). The molecule has 0 aliphatic heterocycles. The van der Waals surface area contributed by atoms with Gasteiger partial charge in [0.15, 0.2) is 0 Å². The predicted octanol–water partition coefficient (Wildman–Crippen LogP) is -0.871. The molecule has 0 bridgehead atoms. The first kappa shape index (κ1) is 10.4. The summed E-state index contributed by atoms with van der Waals surface area (Å²) in [6.07, 6.45) is 0. The topological polar surface area (TPSA) is 21.7 Å². The van der Waals surface area contributed by atoms with Gasteiger partial charge in [0, 0.05) is 26.8 Å². The molecule has 60 valence electrons. The van der Waals surface area contributed by atoms with Gasteiger partial charge in [-0.05, 0) is 7.05 Å². The third kappa shape index (κ3) is 6.53. The van der Waals surface area contributed by atoms with Gasteiger partial charge in [0.25, 0.3) is 0 Å². The number of hydrogen-bond acceptors (Lipinski definition) is 3. The highest BCUT2D eigenvalue weighted by atomic mass is 27.1. The van der Waals surface area contributed by atoms with Crippen molar-refractivity contribution >= 4 is 16.6 Å². The van der Waals surface area contributed by atoms with Gasteiger partial charge in [0.1, 0.15) is 0 Å². The Morgan fingerprint density at radius 2 is 1.90 bits per heavy atom. The van der Waals surface area contributed by atoms with Crippen LogP contribution in [-0.4, -0.2) is 62.0 Å². The molecule has 0 spiro atoms. The molecule has 0 aromatic carbocycles. The van der Waals surface area contributed by atoms with Crippen molar-refractivity contribution in [2.75, 3.05) is 40.5 Å². The van der Waals surface area contributed by atoms with Crippen LogP contribution < -0.4 is 0 Å². The van der Waals surface area contributed by atoms with E-state index in [4.69, 9.17) is 8.53 Å². The van der Waals surface area contributed by atoms with E-state index in [2.05, 4.69) is 11.9 Å². The van der Waals surface area contributed by atoms with Crippen LogP contribution in [0.4, 0.5) is 0 Å². The maximum atomic E-state index is 5.05. The fraction of sp³-hybridized carbons (Fsp3) is 1.00. The molecule has 0 unspecified atom stereocenters. The Labute approximate surface area is 71.0 Å². The second kappa shape index (κ2) is 7.52. The highest BCUT2D eigenvalue weighted by Crippen LogP contribution is 1.81. The van der Waals surface area contributed by atoms with Gasteiger partial charge in [-0.15, -0.1) is 0 Å². The molecule has 0 N–H and O–H groups in total. The van der Waals surface area contributed by atoms with Crippen molar-refractivity contribution in [1.29, 1.82) is 0 Å². The van der Waals surface area contributed by atoms with Gasteiger partial charge in [-0.25, -0.2) is 0 Å². The highest BCUT2D eigenvalue weighted by molar-refractivity contribution is 5.97. The van der Waals surface area contributed by atoms with E-state index in [0.29, 0.717) is 0 Å². The molecule has 0 atom stereocenters. The smallest absolute Gasteiger partial charge is 0.410 e. The van der Waals surface area contributed by atoms with Crippen molar-refractivity contribution in [3.05, 3.63) is 0 Å². The number of likely N-dealkylation sites (N-methyl/N-ethyl adjacent to an activating group) is 1. The van der Waals surface area contributed by atoms with Crippen LogP contribution in [0.1, 0.15) is 0 Å². The lowest BCUT2D eigenvalue weighted by molar-refractivity contribution is 0.152. The summed E-state index contributed by atoms with van der Waals surface area (Å²) in [5.74, 6) is 0. The van der Waals surface area contributed by atoms with Crippen LogP contribution in [0, 0.1) is 0 Å². The second-order valence-corrected chi connectivity index (χ2v) is 2.87. The van der Waals surface area contributed by atoms with Crippen LogP contribution >= 0.6 is 0 Å². The number of ether oxygens (including phenoxy) is 1. The van der Waals surface area contributed by atoms with Crippen molar-refractivity contribution in [3.8, 4) is 0 Å². The largest absolute Gasteiger partial charge is 0.505 e. The lowest BCUT2D eigenvalue weighted by Gasteiger charge is -2.15. The van der Waals surface area contributed by atoms with Gasteiger partial charge in [-0.3, -0.25) is 0 Å². The highest BCUT2D eigenvalue weighted by Gasteiger charge is 1.94. The summed E-state index contributed by atoms with van der Waals surface area (Å²) in [5, 5.41) is 0. The third-order valence-corrected chi connectivity index (χ3v) is 1.76. The monoisotopic (exact) mass is 161 g/mol. The Bertz CT molecular complexity index is 64.8. The van der Waals surface area contributed by atoms with E-state index >= 15 is 0 Å². The molecule has 3 nitrogen and oxygen atoms in total. The molecule has 10 heavy (non-hydrogen) atoms. The van der Waals surface area contributed by atoms with E-state index in [-0.39, 0.29) is 0 Å². The summed E-state index contributed by atoms with van der Waals surface area (Å²) in [4.78, 5) is 2.20. The first-order chi connectivity index (χ1) is 4.81. The maximum Gasteiger partial charge on any atom is 0.410 e. The Morgan fingerprint density at radius 3 is 2.40 bits per heavy atom. The van der Waals surface area contributed by atoms with E-state index in [1.807, 2.05) is 0 Å². The van der Waals surface area contributed by atoms with Crippen molar-refractivity contribution in [1.82, 2.24) is 4.90 Å². The van der Waals surface area contributed by atoms with Gasteiger partial charge in [-0.2, -0.15) is 0 Å². The minimum atomic E-state index is 0.803. The molecule has 0 radical (unpaired) electrons. The molecule has 0 heterocycles. The summed E-state index contributed by atoms with van der Waals surface area (Å²) >= 11 is 0.842. The van der Waals surface area contributed by atoms with Crippen LogP contribution in [-0.2, 0) is 8.53 Å². The van der Waals surface area contributed by atoms with Gasteiger partial charge in [0.2, 0.25) is 0 Å². The second-order valence-electron chi connectivity index (χ2n) is 2.29. The number of rotatable bonds is 6. The number of hydrogen-bond donors (Lipinski definition) is 0. The normalized spacial score (nSPS) is 10.7. The Kier molecular flexibility index (Phi) is 7.83. The molecule has 0 fully saturated rings. The van der Waals surface area contributed by atoms with Crippen LogP contribution in [0.2, 0.25) is 0 Å². The summed E-state index contributed by atoms with van der Waals surface area (Å²) in [5.41, 5.74) is 0. The summed E-state index contributed by atoms with van der Waals surface area (Å²) in [7, 11) is 3.79. The quantitative estimate of drug-likeness (QED) is 0.473. The first-order valence-electron chi connectivity index (χ1n) is 3.47. The molecule has 4 heteroatoms. The standard InChI is InChI=1S/C6H14NO2.Al.2H/c1-7(3-5-8)4-6-9-2;;;/h3-6H2,1-2H3;;;/q-1;+1;;. The molecule has 0 amide bonds. The lowest BCUT2D eigenvalue weighted by Crippen LogP contribution is -2.26. The Balaban J connectivity index is 3.00. The van der Waals surface area contributed by atoms with Crippen LogP contribution in [0.3, 0.4) is 0 Å². The zero-order valence-corrected chi connectivity index (χ0v) is 9.09. The average Bonchev–Trinajstić information content (AvgIpc) is 1.97. The van der Waals surface area contributed by atoms with Gasteiger partial charge >= 0.3 is 16.6 Å². The zero-order chi connectivity index (χ0) is 7.82. The molecule has 0 saturated carbocycles. The summed E-state index contributed by atoms with van der Waals surface area (Å²) in [6, 6.07) is 0. The van der Waals surface area contributed by atoms with Gasteiger partial charge < -0.3 is 13.4 Å². The lowest BCUT2D eigenvalue weighted by atomic mass is 10.5. The van der Waals surface area contributed by atoms with Crippen LogP contribution in [0.25, 0.3) is 0 Å². The first-order valence-corrected chi connectivity index (χ1v) is 4.29. The van der Waals surface area contributed by atoms with Gasteiger partial charge in [-0.1, -0.05) is 0 Å². The fourth-order valence-electron chi connectivity index (χ4n) is 0.606. The maximum absolute atomic E-state index is 5.05.